The lowest BCUT2D eigenvalue weighted by Crippen LogP contribution is -2.31. The van der Waals surface area contributed by atoms with E-state index in [0.29, 0.717) is 11.5 Å². The van der Waals surface area contributed by atoms with Gasteiger partial charge < -0.3 is 5.32 Å². The number of rotatable bonds is 6. The van der Waals surface area contributed by atoms with Gasteiger partial charge in [0.2, 0.25) is 0 Å². The van der Waals surface area contributed by atoms with E-state index in [4.69, 9.17) is 23.2 Å². The number of amides is 1. The molecule has 0 aliphatic heterocycles. The van der Waals surface area contributed by atoms with Gasteiger partial charge in [0, 0.05) is 12.7 Å². The minimum Gasteiger partial charge on any atom is -0.307 e. The maximum Gasteiger partial charge on any atom is 0.265 e. The Kier molecular flexibility index (Phi) is 6.65. The standard InChI is InChI=1S/C21H19Cl2N3O3S/c1-3-26(15-7-5-4-6-8-15)30(28,29)19-12-16(17(22)13-18(19)23)21(27)25-20-11-14(2)9-10-24-20/h4-13H,3H2,1-2H3,(H,24,25,27). The van der Waals surface area contributed by atoms with Crippen LogP contribution in [0, 0.1) is 6.92 Å². The van der Waals surface area contributed by atoms with E-state index >= 15 is 0 Å². The second-order valence-electron chi connectivity index (χ2n) is 6.44. The van der Waals surface area contributed by atoms with Crippen molar-refractivity contribution in [3.05, 3.63) is 82.0 Å². The Morgan fingerprint density at radius 3 is 2.40 bits per heavy atom. The van der Waals surface area contributed by atoms with Gasteiger partial charge >= 0.3 is 0 Å². The first-order valence-electron chi connectivity index (χ1n) is 9.05. The monoisotopic (exact) mass is 463 g/mol. The molecular formula is C21H19Cl2N3O3S. The summed E-state index contributed by atoms with van der Waals surface area (Å²) in [6.07, 6.45) is 1.56. The fourth-order valence-electron chi connectivity index (χ4n) is 2.89. The van der Waals surface area contributed by atoms with Crippen molar-refractivity contribution in [2.75, 3.05) is 16.2 Å². The van der Waals surface area contributed by atoms with Crippen molar-refractivity contribution in [3.8, 4) is 0 Å². The fraction of sp³-hybridized carbons (Fsp3) is 0.143. The van der Waals surface area contributed by atoms with Crippen molar-refractivity contribution in [1.29, 1.82) is 0 Å². The van der Waals surface area contributed by atoms with E-state index in [0.717, 1.165) is 5.56 Å². The number of aryl methyl sites for hydroxylation is 1. The molecule has 0 radical (unpaired) electrons. The van der Waals surface area contributed by atoms with Crippen molar-refractivity contribution in [2.24, 2.45) is 0 Å². The van der Waals surface area contributed by atoms with E-state index in [1.165, 1.54) is 16.4 Å². The predicted octanol–water partition coefficient (Wildman–Crippen LogP) is 5.16. The van der Waals surface area contributed by atoms with Crippen LogP contribution in [0.1, 0.15) is 22.8 Å². The number of sulfonamides is 1. The van der Waals surface area contributed by atoms with Crippen molar-refractivity contribution < 1.29 is 13.2 Å². The summed E-state index contributed by atoms with van der Waals surface area (Å²) in [5, 5.41) is 2.59. The molecule has 6 nitrogen and oxygen atoms in total. The number of nitrogens with one attached hydrogen (secondary N) is 1. The summed E-state index contributed by atoms with van der Waals surface area (Å²) in [6, 6.07) is 14.6. The molecule has 0 atom stereocenters. The van der Waals surface area contributed by atoms with Crippen molar-refractivity contribution in [3.63, 3.8) is 0 Å². The summed E-state index contributed by atoms with van der Waals surface area (Å²) >= 11 is 12.4. The summed E-state index contributed by atoms with van der Waals surface area (Å²) in [7, 11) is -4.04. The van der Waals surface area contributed by atoms with Crippen LogP contribution in [0.25, 0.3) is 0 Å². The molecule has 0 aliphatic rings. The summed E-state index contributed by atoms with van der Waals surface area (Å²) < 4.78 is 27.9. The van der Waals surface area contributed by atoms with E-state index in [-0.39, 0.29) is 27.0 Å². The minimum absolute atomic E-state index is 0.0212. The Morgan fingerprint density at radius 2 is 1.77 bits per heavy atom. The first kappa shape index (κ1) is 22.1. The van der Waals surface area contributed by atoms with E-state index < -0.39 is 15.9 Å². The van der Waals surface area contributed by atoms with E-state index in [1.807, 2.05) is 6.92 Å². The first-order valence-corrected chi connectivity index (χ1v) is 11.2. The Balaban J connectivity index is 2.03. The van der Waals surface area contributed by atoms with Crippen LogP contribution >= 0.6 is 23.2 Å². The van der Waals surface area contributed by atoms with Gasteiger partial charge in [0.1, 0.15) is 10.7 Å². The number of hydrogen-bond acceptors (Lipinski definition) is 4. The number of para-hydroxylation sites is 1. The average molecular weight is 464 g/mol. The van der Waals surface area contributed by atoms with Gasteiger partial charge in [-0.05, 0) is 55.8 Å². The fourth-order valence-corrected chi connectivity index (χ4v) is 5.20. The van der Waals surface area contributed by atoms with Gasteiger partial charge in [-0.1, -0.05) is 41.4 Å². The predicted molar refractivity (Wildman–Crippen MR) is 120 cm³/mol. The topological polar surface area (TPSA) is 79.4 Å². The number of pyridine rings is 1. The molecule has 156 valence electrons. The van der Waals surface area contributed by atoms with Crippen LogP contribution in [0.15, 0.2) is 65.7 Å². The van der Waals surface area contributed by atoms with Crippen LogP contribution in [0.4, 0.5) is 11.5 Å². The lowest BCUT2D eigenvalue weighted by molar-refractivity contribution is 0.102. The minimum atomic E-state index is -4.04. The van der Waals surface area contributed by atoms with Crippen LogP contribution < -0.4 is 9.62 Å². The first-order chi connectivity index (χ1) is 14.2. The van der Waals surface area contributed by atoms with Crippen molar-refractivity contribution >= 4 is 50.6 Å². The molecule has 0 saturated heterocycles. The molecule has 1 heterocycles. The molecule has 0 aliphatic carbocycles. The normalized spacial score (nSPS) is 11.2. The van der Waals surface area contributed by atoms with Gasteiger partial charge in [0.05, 0.1) is 21.3 Å². The molecular weight excluding hydrogens is 445 g/mol. The smallest absolute Gasteiger partial charge is 0.265 e. The molecule has 0 fully saturated rings. The van der Waals surface area contributed by atoms with Gasteiger partial charge in [-0.25, -0.2) is 13.4 Å². The van der Waals surface area contributed by atoms with Crippen LogP contribution in [0.2, 0.25) is 10.0 Å². The lowest BCUT2D eigenvalue weighted by atomic mass is 10.2. The van der Waals surface area contributed by atoms with Gasteiger partial charge in [0.25, 0.3) is 15.9 Å². The second-order valence-corrected chi connectivity index (χ2v) is 9.09. The molecule has 30 heavy (non-hydrogen) atoms. The zero-order chi connectivity index (χ0) is 21.9. The maximum atomic E-state index is 13.3. The lowest BCUT2D eigenvalue weighted by Gasteiger charge is -2.24. The Hall–Kier alpha value is -2.61. The largest absolute Gasteiger partial charge is 0.307 e. The van der Waals surface area contributed by atoms with E-state index in [1.54, 1.807) is 55.6 Å². The van der Waals surface area contributed by atoms with Crippen LogP contribution in [0.3, 0.4) is 0 Å². The number of benzene rings is 2. The van der Waals surface area contributed by atoms with Crippen LogP contribution in [-0.4, -0.2) is 25.9 Å². The Bertz CT molecular complexity index is 1190. The molecule has 0 saturated carbocycles. The average Bonchev–Trinajstić information content (AvgIpc) is 2.69. The van der Waals surface area contributed by atoms with Crippen molar-refractivity contribution in [2.45, 2.75) is 18.7 Å². The van der Waals surface area contributed by atoms with Crippen LogP contribution in [0.5, 0.6) is 0 Å². The summed E-state index contributed by atoms with van der Waals surface area (Å²) in [5.41, 5.74) is 1.38. The zero-order valence-electron chi connectivity index (χ0n) is 16.3. The van der Waals surface area contributed by atoms with E-state index in [2.05, 4.69) is 10.3 Å². The third kappa shape index (κ3) is 4.59. The number of carbonyl (C=O) groups is 1. The summed E-state index contributed by atoms with van der Waals surface area (Å²) in [6.45, 7) is 3.76. The highest BCUT2D eigenvalue weighted by Gasteiger charge is 2.28. The summed E-state index contributed by atoms with van der Waals surface area (Å²) in [5.74, 6) is -0.260. The van der Waals surface area contributed by atoms with Gasteiger partial charge in [-0.2, -0.15) is 0 Å². The third-order valence-corrected chi connectivity index (χ3v) is 7.00. The molecule has 3 rings (SSSR count). The molecule has 1 aromatic heterocycles. The number of carbonyl (C=O) groups excluding carboxylic acids is 1. The quantitative estimate of drug-likeness (QED) is 0.546. The van der Waals surface area contributed by atoms with Crippen LogP contribution in [-0.2, 0) is 10.0 Å². The zero-order valence-corrected chi connectivity index (χ0v) is 18.6. The number of nitrogens with zero attached hydrogens (tertiary/aromatic N) is 2. The van der Waals surface area contributed by atoms with Gasteiger partial charge in [-0.3, -0.25) is 9.10 Å². The molecule has 0 spiro atoms. The molecule has 3 aromatic rings. The number of halogens is 2. The number of aromatic nitrogens is 1. The van der Waals surface area contributed by atoms with Gasteiger partial charge in [0.15, 0.2) is 0 Å². The second kappa shape index (κ2) is 9.04. The van der Waals surface area contributed by atoms with E-state index in [9.17, 15) is 13.2 Å². The Labute approximate surface area is 185 Å². The highest BCUT2D eigenvalue weighted by atomic mass is 35.5. The third-order valence-electron chi connectivity index (χ3n) is 4.32. The number of hydrogen-bond donors (Lipinski definition) is 1. The SMILES string of the molecule is CCN(c1ccccc1)S(=O)(=O)c1cc(C(=O)Nc2cc(C)ccn2)c(Cl)cc1Cl. The summed E-state index contributed by atoms with van der Waals surface area (Å²) in [4.78, 5) is 16.6. The molecule has 1 amide bonds. The highest BCUT2D eigenvalue weighted by Crippen LogP contribution is 2.33. The molecule has 0 unspecified atom stereocenters. The van der Waals surface area contributed by atoms with Gasteiger partial charge in [-0.15, -0.1) is 0 Å². The molecule has 9 heteroatoms. The molecule has 2 aromatic carbocycles. The maximum absolute atomic E-state index is 13.3. The molecule has 1 N–H and O–H groups in total. The highest BCUT2D eigenvalue weighted by molar-refractivity contribution is 7.93. The van der Waals surface area contributed by atoms with Crippen molar-refractivity contribution in [1.82, 2.24) is 4.98 Å². The Morgan fingerprint density at radius 1 is 1.07 bits per heavy atom. The number of anilines is 2. The molecule has 0 bridgehead atoms.